The molecule has 0 heteroatoms. The second-order valence-electron chi connectivity index (χ2n) is 4.75. The number of rotatable bonds is 1. The Bertz CT molecular complexity index is 432. The average Bonchev–Trinajstić information content (AvgIpc) is 2.14. The molecule has 0 fully saturated rings. The molecule has 16 heavy (non-hydrogen) atoms. The first-order valence-corrected chi connectivity index (χ1v) is 5.71. The number of benzene rings is 2. The molecule has 0 spiro atoms. The molecule has 0 aliphatic carbocycles. The summed E-state index contributed by atoms with van der Waals surface area (Å²) >= 11 is 0. The van der Waals surface area contributed by atoms with Crippen LogP contribution in [0.2, 0.25) is 0 Å². The molecule has 82 valence electrons. The molecule has 2 rings (SSSR count). The van der Waals surface area contributed by atoms with Gasteiger partial charge in [-0.05, 0) is 38.8 Å². The molecular formula is C16H18. The maximum absolute atomic E-state index is 2.25. The Hall–Kier alpha value is -1.56. The lowest BCUT2D eigenvalue weighted by Gasteiger charge is -2.07. The first kappa shape index (κ1) is 10.9. The van der Waals surface area contributed by atoms with Gasteiger partial charge in [0.25, 0.3) is 0 Å². The standard InChI is InChI=1S/C16H18/c1-11-5-12(2)8-15(7-11)16-9-13(3)6-14(4)10-16/h5-10H,1-4H3. The molecule has 0 bridgehead atoms. The van der Waals surface area contributed by atoms with Crippen molar-refractivity contribution in [3.8, 4) is 11.1 Å². The van der Waals surface area contributed by atoms with Gasteiger partial charge in [0.05, 0.1) is 0 Å². The lowest BCUT2D eigenvalue weighted by molar-refractivity contribution is 1.35. The highest BCUT2D eigenvalue weighted by Crippen LogP contribution is 2.24. The van der Waals surface area contributed by atoms with E-state index in [9.17, 15) is 0 Å². The Kier molecular flexibility index (Phi) is 2.82. The van der Waals surface area contributed by atoms with Crippen LogP contribution >= 0.6 is 0 Å². The van der Waals surface area contributed by atoms with Crippen LogP contribution in [0.1, 0.15) is 22.3 Å². The summed E-state index contributed by atoms with van der Waals surface area (Å²) < 4.78 is 0. The van der Waals surface area contributed by atoms with Gasteiger partial charge in [0.1, 0.15) is 0 Å². The van der Waals surface area contributed by atoms with Crippen molar-refractivity contribution in [1.82, 2.24) is 0 Å². The molecule has 0 heterocycles. The quantitative estimate of drug-likeness (QED) is 0.646. The first-order chi connectivity index (χ1) is 7.54. The highest BCUT2D eigenvalue weighted by molar-refractivity contribution is 5.66. The zero-order chi connectivity index (χ0) is 11.7. The largest absolute Gasteiger partial charge is 0.0563 e. The van der Waals surface area contributed by atoms with Crippen LogP contribution < -0.4 is 0 Å². The highest BCUT2D eigenvalue weighted by Gasteiger charge is 2.01. The summed E-state index contributed by atoms with van der Waals surface area (Å²) in [5, 5.41) is 0. The van der Waals surface area contributed by atoms with Gasteiger partial charge in [0, 0.05) is 0 Å². The lowest BCUT2D eigenvalue weighted by atomic mass is 9.98. The molecule has 0 aliphatic rings. The highest BCUT2D eigenvalue weighted by atomic mass is 14.1. The molecule has 2 aromatic rings. The van der Waals surface area contributed by atoms with Gasteiger partial charge in [-0.2, -0.15) is 0 Å². The molecule has 0 saturated heterocycles. The van der Waals surface area contributed by atoms with E-state index in [0.717, 1.165) is 0 Å². The van der Waals surface area contributed by atoms with E-state index < -0.39 is 0 Å². The van der Waals surface area contributed by atoms with Gasteiger partial charge in [0.15, 0.2) is 0 Å². The van der Waals surface area contributed by atoms with Gasteiger partial charge in [0.2, 0.25) is 0 Å². The van der Waals surface area contributed by atoms with Crippen LogP contribution in [-0.4, -0.2) is 0 Å². The van der Waals surface area contributed by atoms with Crippen LogP contribution in [0.4, 0.5) is 0 Å². The maximum atomic E-state index is 2.25. The third-order valence-corrected chi connectivity index (χ3v) is 2.78. The lowest BCUT2D eigenvalue weighted by Crippen LogP contribution is -1.85. The monoisotopic (exact) mass is 210 g/mol. The minimum atomic E-state index is 1.32. The van der Waals surface area contributed by atoms with E-state index in [0.29, 0.717) is 0 Å². The van der Waals surface area contributed by atoms with Crippen LogP contribution in [0.5, 0.6) is 0 Å². The Morgan fingerprint density at radius 2 is 0.688 bits per heavy atom. The fourth-order valence-corrected chi connectivity index (χ4v) is 2.28. The Morgan fingerprint density at radius 3 is 0.938 bits per heavy atom. The van der Waals surface area contributed by atoms with Gasteiger partial charge >= 0.3 is 0 Å². The normalized spacial score (nSPS) is 10.5. The number of aryl methyl sites for hydroxylation is 4. The molecule has 0 radical (unpaired) electrons. The first-order valence-electron chi connectivity index (χ1n) is 5.71. The van der Waals surface area contributed by atoms with Crippen molar-refractivity contribution in [2.24, 2.45) is 0 Å². The van der Waals surface area contributed by atoms with Gasteiger partial charge in [-0.3, -0.25) is 0 Å². The predicted octanol–water partition coefficient (Wildman–Crippen LogP) is 4.59. The SMILES string of the molecule is Cc1cc(C)cc(-c2cc(C)cc(C)c2)c1. The fourth-order valence-electron chi connectivity index (χ4n) is 2.28. The van der Waals surface area contributed by atoms with Crippen molar-refractivity contribution < 1.29 is 0 Å². The minimum Gasteiger partial charge on any atom is -0.0563 e. The van der Waals surface area contributed by atoms with Crippen molar-refractivity contribution in [1.29, 1.82) is 0 Å². The second-order valence-corrected chi connectivity index (χ2v) is 4.75. The van der Waals surface area contributed by atoms with Gasteiger partial charge in [-0.15, -0.1) is 0 Å². The molecule has 0 nitrogen and oxygen atoms in total. The summed E-state index contributed by atoms with van der Waals surface area (Å²) in [6.07, 6.45) is 0. The molecule has 0 aromatic heterocycles. The van der Waals surface area contributed by atoms with Crippen LogP contribution in [0.25, 0.3) is 11.1 Å². The number of hydrogen-bond acceptors (Lipinski definition) is 0. The van der Waals surface area contributed by atoms with Crippen LogP contribution in [0.15, 0.2) is 36.4 Å². The van der Waals surface area contributed by atoms with E-state index in [1.54, 1.807) is 0 Å². The van der Waals surface area contributed by atoms with Crippen LogP contribution in [-0.2, 0) is 0 Å². The molecule has 0 aliphatic heterocycles. The Balaban J connectivity index is 2.57. The van der Waals surface area contributed by atoms with E-state index >= 15 is 0 Å². The predicted molar refractivity (Wildman–Crippen MR) is 70.8 cm³/mol. The summed E-state index contributed by atoms with van der Waals surface area (Å²) in [5.41, 5.74) is 7.96. The Labute approximate surface area is 97.9 Å². The average molecular weight is 210 g/mol. The van der Waals surface area contributed by atoms with E-state index in [4.69, 9.17) is 0 Å². The topological polar surface area (TPSA) is 0 Å². The van der Waals surface area contributed by atoms with Gasteiger partial charge in [-0.25, -0.2) is 0 Å². The van der Waals surface area contributed by atoms with Crippen molar-refractivity contribution in [2.45, 2.75) is 27.7 Å². The van der Waals surface area contributed by atoms with E-state index in [1.807, 2.05) is 0 Å². The molecular weight excluding hydrogens is 192 g/mol. The molecule has 0 N–H and O–H groups in total. The summed E-state index contributed by atoms with van der Waals surface area (Å²) in [4.78, 5) is 0. The third-order valence-electron chi connectivity index (χ3n) is 2.78. The summed E-state index contributed by atoms with van der Waals surface area (Å²) in [6.45, 7) is 8.61. The van der Waals surface area contributed by atoms with Crippen LogP contribution in [0, 0.1) is 27.7 Å². The minimum absolute atomic E-state index is 1.32. The zero-order valence-electron chi connectivity index (χ0n) is 10.5. The van der Waals surface area contributed by atoms with Crippen molar-refractivity contribution >= 4 is 0 Å². The van der Waals surface area contributed by atoms with E-state index in [2.05, 4.69) is 64.1 Å². The summed E-state index contributed by atoms with van der Waals surface area (Å²) in [6, 6.07) is 13.4. The molecule has 0 saturated carbocycles. The van der Waals surface area contributed by atoms with Crippen molar-refractivity contribution in [2.75, 3.05) is 0 Å². The molecule has 2 aromatic carbocycles. The fraction of sp³-hybridized carbons (Fsp3) is 0.250. The second kappa shape index (κ2) is 4.13. The van der Waals surface area contributed by atoms with Crippen molar-refractivity contribution in [3.63, 3.8) is 0 Å². The van der Waals surface area contributed by atoms with Gasteiger partial charge < -0.3 is 0 Å². The zero-order valence-corrected chi connectivity index (χ0v) is 10.5. The number of hydrogen-bond donors (Lipinski definition) is 0. The smallest absolute Gasteiger partial charge is 0.0179 e. The van der Waals surface area contributed by atoms with Crippen LogP contribution in [0.3, 0.4) is 0 Å². The molecule has 0 atom stereocenters. The van der Waals surface area contributed by atoms with E-state index in [-0.39, 0.29) is 0 Å². The summed E-state index contributed by atoms with van der Waals surface area (Å²) in [5.74, 6) is 0. The summed E-state index contributed by atoms with van der Waals surface area (Å²) in [7, 11) is 0. The Morgan fingerprint density at radius 1 is 0.438 bits per heavy atom. The molecule has 0 unspecified atom stereocenters. The third kappa shape index (κ3) is 2.33. The maximum Gasteiger partial charge on any atom is -0.0179 e. The van der Waals surface area contributed by atoms with E-state index in [1.165, 1.54) is 33.4 Å². The van der Waals surface area contributed by atoms with Crippen molar-refractivity contribution in [3.05, 3.63) is 58.7 Å². The van der Waals surface area contributed by atoms with Gasteiger partial charge in [-0.1, -0.05) is 58.7 Å². The molecule has 0 amide bonds.